The maximum atomic E-state index is 13.4. The number of aromatic nitrogens is 3. The molecule has 0 spiro atoms. The zero-order chi connectivity index (χ0) is 13.6. The minimum absolute atomic E-state index is 0.0483. The molecular formula is C12H6Cl2FN3S. The van der Waals surface area contributed by atoms with Crippen LogP contribution in [0.3, 0.4) is 0 Å². The summed E-state index contributed by atoms with van der Waals surface area (Å²) in [4.78, 5) is 7.02. The number of H-pyrrole nitrogens is 1. The highest BCUT2D eigenvalue weighted by Crippen LogP contribution is 2.28. The number of benzene rings is 1. The summed E-state index contributed by atoms with van der Waals surface area (Å²) in [6.45, 7) is 0. The van der Waals surface area contributed by atoms with E-state index in [0.717, 1.165) is 11.0 Å². The Kier molecular flexibility index (Phi) is 3.05. The Labute approximate surface area is 122 Å². The van der Waals surface area contributed by atoms with Gasteiger partial charge in [0.2, 0.25) is 0 Å². The number of rotatable bonds is 1. The first-order chi connectivity index (χ1) is 9.08. The Bertz CT molecular complexity index is 817. The van der Waals surface area contributed by atoms with Crippen molar-refractivity contribution >= 4 is 46.5 Å². The van der Waals surface area contributed by atoms with E-state index in [-0.39, 0.29) is 10.0 Å². The third kappa shape index (κ3) is 2.04. The van der Waals surface area contributed by atoms with E-state index < -0.39 is 5.82 Å². The maximum Gasteiger partial charge on any atom is 0.182 e. The number of nitrogens with zero attached hydrogens (tertiary/aromatic N) is 2. The second-order valence-corrected chi connectivity index (χ2v) is 5.08. The van der Waals surface area contributed by atoms with E-state index in [1.54, 1.807) is 23.0 Å². The summed E-state index contributed by atoms with van der Waals surface area (Å²) in [5.41, 5.74) is 2.20. The molecule has 1 N–H and O–H groups in total. The van der Waals surface area contributed by atoms with Crippen molar-refractivity contribution < 1.29 is 4.39 Å². The molecule has 0 bridgehead atoms. The summed E-state index contributed by atoms with van der Waals surface area (Å²) in [6.07, 6.45) is 3.31. The molecule has 0 amide bonds. The van der Waals surface area contributed by atoms with Gasteiger partial charge < -0.3 is 4.98 Å². The maximum absolute atomic E-state index is 13.4. The van der Waals surface area contributed by atoms with Crippen molar-refractivity contribution in [2.75, 3.05) is 0 Å². The molecule has 2 heterocycles. The lowest BCUT2D eigenvalue weighted by atomic mass is 10.3. The molecule has 0 aliphatic rings. The van der Waals surface area contributed by atoms with Gasteiger partial charge in [-0.25, -0.2) is 4.39 Å². The largest absolute Gasteiger partial charge is 0.329 e. The molecule has 7 heteroatoms. The first-order valence-electron chi connectivity index (χ1n) is 5.27. The van der Waals surface area contributed by atoms with E-state index in [1.165, 1.54) is 12.1 Å². The van der Waals surface area contributed by atoms with E-state index >= 15 is 0 Å². The van der Waals surface area contributed by atoms with E-state index in [0.29, 0.717) is 10.5 Å². The topological polar surface area (TPSA) is 33.6 Å². The van der Waals surface area contributed by atoms with Crippen LogP contribution in [0.1, 0.15) is 0 Å². The number of fused-ring (bicyclic) bond motifs is 1. The van der Waals surface area contributed by atoms with Crippen LogP contribution in [-0.4, -0.2) is 14.5 Å². The second-order valence-electron chi connectivity index (χ2n) is 3.88. The number of halogens is 3. The zero-order valence-electron chi connectivity index (χ0n) is 9.32. The Morgan fingerprint density at radius 1 is 1.26 bits per heavy atom. The van der Waals surface area contributed by atoms with Gasteiger partial charge in [-0.3, -0.25) is 9.55 Å². The summed E-state index contributed by atoms with van der Waals surface area (Å²) in [6, 6.07) is 4.76. The van der Waals surface area contributed by atoms with Gasteiger partial charge in [-0.2, -0.15) is 0 Å². The molecule has 0 aliphatic carbocycles. The van der Waals surface area contributed by atoms with Gasteiger partial charge in [-0.05, 0) is 30.4 Å². The lowest BCUT2D eigenvalue weighted by Crippen LogP contribution is -1.95. The lowest BCUT2D eigenvalue weighted by molar-refractivity contribution is 0.628. The fourth-order valence-corrected chi connectivity index (χ4v) is 2.68. The Morgan fingerprint density at radius 3 is 2.63 bits per heavy atom. The molecule has 0 atom stereocenters. The first kappa shape index (κ1) is 12.6. The molecule has 0 saturated carbocycles. The fourth-order valence-electron chi connectivity index (χ4n) is 1.89. The van der Waals surface area contributed by atoms with E-state index in [1.807, 2.05) is 0 Å². The molecule has 0 saturated heterocycles. The molecule has 0 fully saturated rings. The van der Waals surface area contributed by atoms with Gasteiger partial charge in [-0.1, -0.05) is 23.2 Å². The molecule has 0 unspecified atom stereocenters. The lowest BCUT2D eigenvalue weighted by Gasteiger charge is -2.07. The Hall–Kier alpha value is -1.43. The van der Waals surface area contributed by atoms with Crippen molar-refractivity contribution in [1.82, 2.24) is 14.5 Å². The number of imidazole rings is 1. The average Bonchev–Trinajstić information content (AvgIpc) is 2.71. The van der Waals surface area contributed by atoms with Gasteiger partial charge in [0.05, 0.1) is 33.0 Å². The Balaban J connectivity index is 2.36. The molecule has 3 aromatic rings. The standard InChI is InChI=1S/C12H6Cl2FN3S/c13-7-3-6(4-8(14)11(7)15)18-10-1-2-16-5-9(10)17-12(18)19/h1-5H,(H,17,19). The third-order valence-corrected chi connectivity index (χ3v) is 3.55. The van der Waals surface area contributed by atoms with Gasteiger partial charge in [0.15, 0.2) is 10.6 Å². The van der Waals surface area contributed by atoms with Crippen LogP contribution in [0.4, 0.5) is 4.39 Å². The predicted octanol–water partition coefficient (Wildman–Crippen LogP) is 4.53. The molecule has 1 aromatic carbocycles. The molecular weight excluding hydrogens is 308 g/mol. The van der Waals surface area contributed by atoms with Crippen LogP contribution >= 0.6 is 35.4 Å². The first-order valence-corrected chi connectivity index (χ1v) is 6.44. The molecule has 3 nitrogen and oxygen atoms in total. The number of pyridine rings is 1. The van der Waals surface area contributed by atoms with Crippen LogP contribution in [0.2, 0.25) is 10.0 Å². The molecule has 2 aromatic heterocycles. The van der Waals surface area contributed by atoms with Crippen molar-refractivity contribution in [2.45, 2.75) is 0 Å². The smallest absolute Gasteiger partial charge is 0.182 e. The van der Waals surface area contributed by atoms with Gasteiger partial charge in [-0.15, -0.1) is 0 Å². The molecule has 96 valence electrons. The minimum Gasteiger partial charge on any atom is -0.329 e. The highest BCUT2D eigenvalue weighted by molar-refractivity contribution is 7.71. The third-order valence-electron chi connectivity index (χ3n) is 2.71. The van der Waals surface area contributed by atoms with Crippen LogP contribution in [0.25, 0.3) is 16.7 Å². The van der Waals surface area contributed by atoms with Crippen LogP contribution in [0, 0.1) is 10.6 Å². The summed E-state index contributed by atoms with van der Waals surface area (Å²) in [5, 5.41) is -0.0967. The number of hydrogen-bond donors (Lipinski definition) is 1. The van der Waals surface area contributed by atoms with E-state index in [4.69, 9.17) is 35.4 Å². The number of nitrogens with one attached hydrogen (secondary N) is 1. The van der Waals surface area contributed by atoms with Crippen LogP contribution in [-0.2, 0) is 0 Å². The van der Waals surface area contributed by atoms with Gasteiger partial charge >= 0.3 is 0 Å². The molecule has 0 radical (unpaired) electrons. The quantitative estimate of drug-likeness (QED) is 0.529. The fraction of sp³-hybridized carbons (Fsp3) is 0. The predicted molar refractivity (Wildman–Crippen MR) is 76.2 cm³/mol. The Morgan fingerprint density at radius 2 is 1.95 bits per heavy atom. The van der Waals surface area contributed by atoms with Crippen LogP contribution < -0.4 is 0 Å². The van der Waals surface area contributed by atoms with Gasteiger partial charge in [0, 0.05) is 6.20 Å². The summed E-state index contributed by atoms with van der Waals surface area (Å²) in [5.74, 6) is -0.639. The highest BCUT2D eigenvalue weighted by atomic mass is 35.5. The van der Waals surface area contributed by atoms with Crippen LogP contribution in [0.5, 0.6) is 0 Å². The molecule has 0 aliphatic heterocycles. The van der Waals surface area contributed by atoms with Crippen LogP contribution in [0.15, 0.2) is 30.6 Å². The summed E-state index contributed by atoms with van der Waals surface area (Å²) in [7, 11) is 0. The number of hydrogen-bond acceptors (Lipinski definition) is 2. The SMILES string of the molecule is Fc1c(Cl)cc(-n2c(=S)[nH]c3cnccc32)cc1Cl. The van der Waals surface area contributed by atoms with Crippen molar-refractivity contribution in [2.24, 2.45) is 0 Å². The van der Waals surface area contributed by atoms with E-state index in [2.05, 4.69) is 9.97 Å². The summed E-state index contributed by atoms with van der Waals surface area (Å²) >= 11 is 16.9. The second kappa shape index (κ2) is 4.59. The van der Waals surface area contributed by atoms with Gasteiger partial charge in [0.1, 0.15) is 0 Å². The molecule has 3 rings (SSSR count). The number of aromatic amines is 1. The van der Waals surface area contributed by atoms with Crippen molar-refractivity contribution in [3.63, 3.8) is 0 Å². The van der Waals surface area contributed by atoms with E-state index in [9.17, 15) is 4.39 Å². The minimum atomic E-state index is -0.639. The highest BCUT2D eigenvalue weighted by Gasteiger charge is 2.12. The summed E-state index contributed by atoms with van der Waals surface area (Å²) < 4.78 is 15.6. The molecule has 19 heavy (non-hydrogen) atoms. The van der Waals surface area contributed by atoms with Gasteiger partial charge in [0.25, 0.3) is 0 Å². The van der Waals surface area contributed by atoms with Crippen molar-refractivity contribution in [3.05, 3.63) is 51.2 Å². The van der Waals surface area contributed by atoms with Crippen molar-refractivity contribution in [3.8, 4) is 5.69 Å². The zero-order valence-corrected chi connectivity index (χ0v) is 11.7. The normalized spacial score (nSPS) is 11.1. The average molecular weight is 314 g/mol. The monoisotopic (exact) mass is 313 g/mol. The van der Waals surface area contributed by atoms with Crippen molar-refractivity contribution in [1.29, 1.82) is 0 Å².